The zero-order valence-electron chi connectivity index (χ0n) is 19.8. The molecule has 0 saturated carbocycles. The Morgan fingerprint density at radius 3 is 2.34 bits per heavy atom. The van der Waals surface area contributed by atoms with Gasteiger partial charge in [-0.05, 0) is 61.1 Å². The van der Waals surface area contributed by atoms with Gasteiger partial charge in [-0.15, -0.1) is 0 Å². The predicted octanol–water partition coefficient (Wildman–Crippen LogP) is 5.41. The van der Waals surface area contributed by atoms with E-state index in [1.165, 1.54) is 5.56 Å². The fourth-order valence-electron chi connectivity index (χ4n) is 3.73. The number of hydrogen-bond acceptors (Lipinski definition) is 5. The van der Waals surface area contributed by atoms with Crippen LogP contribution in [0, 0.1) is 18.3 Å². The average molecular weight is 428 g/mol. The second kappa shape index (κ2) is 11.0. The quantitative estimate of drug-likeness (QED) is 0.494. The van der Waals surface area contributed by atoms with Gasteiger partial charge >= 0.3 is 0 Å². The van der Waals surface area contributed by atoms with Gasteiger partial charge in [0.15, 0.2) is 0 Å². The minimum absolute atomic E-state index is 0.201. The van der Waals surface area contributed by atoms with Crippen LogP contribution >= 0.6 is 0 Å². The van der Waals surface area contributed by atoms with Gasteiger partial charge in [0.1, 0.15) is 5.82 Å². The lowest BCUT2D eigenvalue weighted by molar-refractivity contribution is 0.578. The van der Waals surface area contributed by atoms with Crippen LogP contribution in [-0.4, -0.2) is 21.5 Å². The molecule has 2 atom stereocenters. The maximum Gasteiger partial charge on any atom is 0.132 e. The van der Waals surface area contributed by atoms with Crippen molar-refractivity contribution < 1.29 is 0 Å². The first-order chi connectivity index (χ1) is 15.4. The number of nitrogens with zero attached hydrogens (tertiary/aromatic N) is 4. The van der Waals surface area contributed by atoms with Crippen molar-refractivity contribution in [3.05, 3.63) is 88.3 Å². The molecule has 5 nitrogen and oxygen atoms in total. The van der Waals surface area contributed by atoms with Crippen LogP contribution in [0.3, 0.4) is 0 Å². The molecule has 0 amide bonds. The Kier molecular flexibility index (Phi) is 8.08. The van der Waals surface area contributed by atoms with Crippen molar-refractivity contribution in [3.8, 4) is 6.07 Å². The Morgan fingerprint density at radius 2 is 1.66 bits per heavy atom. The number of benzene rings is 1. The van der Waals surface area contributed by atoms with Crippen molar-refractivity contribution in [2.75, 3.05) is 6.54 Å². The first kappa shape index (κ1) is 23.6. The minimum atomic E-state index is 0.201. The lowest BCUT2D eigenvalue weighted by Gasteiger charge is -2.16. The van der Waals surface area contributed by atoms with Crippen molar-refractivity contribution in [1.82, 2.24) is 20.3 Å². The molecule has 0 aliphatic rings. The fourth-order valence-corrected chi connectivity index (χ4v) is 3.73. The standard InChI is InChI=1S/C27H33N5/c1-18(2)26-8-6-7-24(31-26)17-29-16-20(4)27-30-21(5)14-25(32-27)13-19(3)23-11-9-22(15-28)10-12-23/h6-12,14,18-20,29H,13,16-17H2,1-5H3/t19-,20-/m0/s1. The molecule has 3 aromatic rings. The summed E-state index contributed by atoms with van der Waals surface area (Å²) in [5.74, 6) is 1.83. The molecule has 1 N–H and O–H groups in total. The Hall–Kier alpha value is -3.10. The van der Waals surface area contributed by atoms with Crippen molar-refractivity contribution in [3.63, 3.8) is 0 Å². The second-order valence-corrected chi connectivity index (χ2v) is 8.94. The summed E-state index contributed by atoms with van der Waals surface area (Å²) >= 11 is 0. The zero-order valence-corrected chi connectivity index (χ0v) is 19.8. The molecular formula is C27H33N5. The molecule has 0 spiro atoms. The number of hydrogen-bond donors (Lipinski definition) is 1. The van der Waals surface area contributed by atoms with Gasteiger partial charge in [-0.1, -0.05) is 45.9 Å². The highest BCUT2D eigenvalue weighted by Crippen LogP contribution is 2.21. The van der Waals surface area contributed by atoms with Crippen LogP contribution in [0.15, 0.2) is 48.5 Å². The molecule has 32 heavy (non-hydrogen) atoms. The van der Waals surface area contributed by atoms with Crippen LogP contribution < -0.4 is 5.32 Å². The molecule has 2 aromatic heterocycles. The van der Waals surface area contributed by atoms with Crippen molar-refractivity contribution in [1.29, 1.82) is 5.26 Å². The molecule has 2 heterocycles. The van der Waals surface area contributed by atoms with Gasteiger partial charge in [0.25, 0.3) is 0 Å². The highest BCUT2D eigenvalue weighted by molar-refractivity contribution is 5.33. The van der Waals surface area contributed by atoms with E-state index in [4.69, 9.17) is 20.2 Å². The molecule has 0 bridgehead atoms. The number of nitrogens with one attached hydrogen (secondary N) is 1. The Morgan fingerprint density at radius 1 is 0.906 bits per heavy atom. The van der Waals surface area contributed by atoms with E-state index in [9.17, 15) is 0 Å². The highest BCUT2D eigenvalue weighted by atomic mass is 14.9. The SMILES string of the molecule is Cc1cc(C[C@H](C)c2ccc(C#N)cc2)nc([C@@H](C)CNCc2cccc(C(C)C)n2)n1. The smallest absolute Gasteiger partial charge is 0.132 e. The summed E-state index contributed by atoms with van der Waals surface area (Å²) in [6.07, 6.45) is 0.842. The van der Waals surface area contributed by atoms with Gasteiger partial charge in [0, 0.05) is 36.1 Å². The third kappa shape index (κ3) is 6.45. The van der Waals surface area contributed by atoms with Gasteiger partial charge in [-0.25, -0.2) is 9.97 Å². The molecule has 0 unspecified atom stereocenters. The number of nitriles is 1. The molecule has 0 radical (unpaired) electrons. The molecule has 166 valence electrons. The lowest BCUT2D eigenvalue weighted by Crippen LogP contribution is -2.22. The third-order valence-electron chi connectivity index (χ3n) is 5.67. The van der Waals surface area contributed by atoms with E-state index in [1.54, 1.807) is 0 Å². The summed E-state index contributed by atoms with van der Waals surface area (Å²) in [7, 11) is 0. The Bertz CT molecular complexity index is 1070. The van der Waals surface area contributed by atoms with Gasteiger partial charge in [0.2, 0.25) is 0 Å². The van der Waals surface area contributed by atoms with E-state index in [1.807, 2.05) is 31.2 Å². The normalized spacial score (nSPS) is 13.0. The van der Waals surface area contributed by atoms with E-state index in [-0.39, 0.29) is 5.92 Å². The van der Waals surface area contributed by atoms with Crippen LogP contribution in [-0.2, 0) is 13.0 Å². The number of pyridine rings is 1. The number of aromatic nitrogens is 3. The summed E-state index contributed by atoms with van der Waals surface area (Å²) in [6, 6.07) is 18.3. The van der Waals surface area contributed by atoms with Crippen LogP contribution in [0.5, 0.6) is 0 Å². The van der Waals surface area contributed by atoms with Crippen LogP contribution in [0.2, 0.25) is 0 Å². The van der Waals surface area contributed by atoms with Crippen LogP contribution in [0.25, 0.3) is 0 Å². The molecule has 0 aliphatic heterocycles. The van der Waals surface area contributed by atoms with Crippen molar-refractivity contribution in [2.24, 2.45) is 0 Å². The van der Waals surface area contributed by atoms with Gasteiger partial charge in [-0.2, -0.15) is 5.26 Å². The first-order valence-corrected chi connectivity index (χ1v) is 11.4. The summed E-state index contributed by atoms with van der Waals surface area (Å²) in [4.78, 5) is 14.3. The predicted molar refractivity (Wildman–Crippen MR) is 128 cm³/mol. The van der Waals surface area contributed by atoms with E-state index in [2.05, 4.69) is 63.3 Å². The number of aryl methyl sites for hydroxylation is 1. The molecule has 0 saturated heterocycles. The summed E-state index contributed by atoms with van der Waals surface area (Å²) in [6.45, 7) is 12.2. The lowest BCUT2D eigenvalue weighted by atomic mass is 9.95. The fraction of sp³-hybridized carbons (Fsp3) is 0.407. The first-order valence-electron chi connectivity index (χ1n) is 11.4. The van der Waals surface area contributed by atoms with E-state index >= 15 is 0 Å². The molecule has 3 rings (SSSR count). The number of rotatable bonds is 9. The molecule has 1 aromatic carbocycles. The Labute approximate surface area is 192 Å². The maximum atomic E-state index is 9.00. The van der Waals surface area contributed by atoms with E-state index in [0.717, 1.165) is 48.1 Å². The second-order valence-electron chi connectivity index (χ2n) is 8.94. The molecule has 0 fully saturated rings. The van der Waals surface area contributed by atoms with Crippen LogP contribution in [0.1, 0.15) is 85.2 Å². The van der Waals surface area contributed by atoms with Crippen molar-refractivity contribution >= 4 is 0 Å². The maximum absolute atomic E-state index is 9.00. The largest absolute Gasteiger partial charge is 0.310 e. The summed E-state index contributed by atoms with van der Waals surface area (Å²) in [5.41, 5.74) is 6.14. The molecular weight excluding hydrogens is 394 g/mol. The van der Waals surface area contributed by atoms with E-state index in [0.29, 0.717) is 17.4 Å². The van der Waals surface area contributed by atoms with Crippen LogP contribution in [0.4, 0.5) is 0 Å². The monoisotopic (exact) mass is 427 g/mol. The molecule has 5 heteroatoms. The topological polar surface area (TPSA) is 74.5 Å². The van der Waals surface area contributed by atoms with E-state index < -0.39 is 0 Å². The van der Waals surface area contributed by atoms with Gasteiger partial charge in [-0.3, -0.25) is 4.98 Å². The van der Waals surface area contributed by atoms with Gasteiger partial charge < -0.3 is 5.32 Å². The molecule has 0 aliphatic carbocycles. The summed E-state index contributed by atoms with van der Waals surface area (Å²) in [5, 5.41) is 12.5. The highest BCUT2D eigenvalue weighted by Gasteiger charge is 2.14. The minimum Gasteiger partial charge on any atom is -0.310 e. The Balaban J connectivity index is 1.61. The average Bonchev–Trinajstić information content (AvgIpc) is 2.78. The van der Waals surface area contributed by atoms with Crippen molar-refractivity contribution in [2.45, 2.75) is 65.3 Å². The van der Waals surface area contributed by atoms with Gasteiger partial charge in [0.05, 0.1) is 17.3 Å². The zero-order chi connectivity index (χ0) is 23.1. The third-order valence-corrected chi connectivity index (χ3v) is 5.67. The summed E-state index contributed by atoms with van der Waals surface area (Å²) < 4.78 is 0.